The van der Waals surface area contributed by atoms with Crippen molar-refractivity contribution in [2.75, 3.05) is 13.2 Å². The van der Waals surface area contributed by atoms with Crippen LogP contribution in [0.4, 0.5) is 0 Å². The van der Waals surface area contributed by atoms with E-state index in [1.165, 1.54) is 5.56 Å². The van der Waals surface area contributed by atoms with E-state index in [-0.39, 0.29) is 0 Å². The molecule has 4 heteroatoms. The van der Waals surface area contributed by atoms with Gasteiger partial charge in [-0.1, -0.05) is 35.9 Å². The number of hydrogen-bond acceptors (Lipinski definition) is 3. The van der Waals surface area contributed by atoms with Crippen molar-refractivity contribution in [1.82, 2.24) is 0 Å². The van der Waals surface area contributed by atoms with Crippen LogP contribution in [0.1, 0.15) is 19.4 Å². The van der Waals surface area contributed by atoms with Crippen molar-refractivity contribution in [3.05, 3.63) is 35.9 Å². The molecule has 15 heavy (non-hydrogen) atoms. The molecule has 0 fully saturated rings. The Morgan fingerprint density at radius 3 is 1.80 bits per heavy atom. The maximum atomic E-state index is 10.3. The highest BCUT2D eigenvalue weighted by molar-refractivity contribution is 7.33. The lowest BCUT2D eigenvalue weighted by Gasteiger charge is -1.82. The zero-order valence-corrected chi connectivity index (χ0v) is 10.4. The van der Waals surface area contributed by atoms with Crippen LogP contribution in [0.25, 0.3) is 0 Å². The third kappa shape index (κ3) is 9.54. The lowest BCUT2D eigenvalue weighted by molar-refractivity contribution is 0.243. The molecule has 0 atom stereocenters. The minimum absolute atomic E-state index is 0.440. The minimum Gasteiger partial charge on any atom is -0.119 e. The molecule has 0 aliphatic heterocycles. The SMILES string of the molecule is CCO[P+](=O)OCC.Cc1ccccc1. The molecule has 0 saturated carbocycles. The van der Waals surface area contributed by atoms with E-state index < -0.39 is 8.25 Å². The topological polar surface area (TPSA) is 35.5 Å². The third-order valence-corrected chi connectivity index (χ3v) is 2.35. The van der Waals surface area contributed by atoms with Crippen LogP contribution >= 0.6 is 8.25 Å². The second kappa shape index (κ2) is 9.78. The minimum atomic E-state index is -1.83. The van der Waals surface area contributed by atoms with Gasteiger partial charge in [0.05, 0.1) is 0 Å². The maximum Gasteiger partial charge on any atom is 0.697 e. The lowest BCUT2D eigenvalue weighted by atomic mass is 10.2. The van der Waals surface area contributed by atoms with E-state index in [1.807, 2.05) is 18.2 Å². The fraction of sp³-hybridized carbons (Fsp3) is 0.455. The monoisotopic (exact) mass is 229 g/mol. The van der Waals surface area contributed by atoms with Gasteiger partial charge in [-0.3, -0.25) is 0 Å². The summed E-state index contributed by atoms with van der Waals surface area (Å²) in [5.41, 5.74) is 1.32. The van der Waals surface area contributed by atoms with Gasteiger partial charge in [0.2, 0.25) is 0 Å². The second-order valence-electron chi connectivity index (χ2n) is 2.71. The standard InChI is InChI=1S/C7H8.C4H10O3P/c1-7-5-3-2-4-6-7;1-3-6-8(5)7-4-2/h2-6H,1H3;3-4H2,1-2H3/q;+1. The first kappa shape index (κ1) is 14.2. The van der Waals surface area contributed by atoms with E-state index >= 15 is 0 Å². The summed E-state index contributed by atoms with van der Waals surface area (Å²) >= 11 is 0. The average molecular weight is 229 g/mol. The Morgan fingerprint density at radius 2 is 1.53 bits per heavy atom. The summed E-state index contributed by atoms with van der Waals surface area (Å²) in [6.45, 7) is 6.50. The van der Waals surface area contributed by atoms with Crippen LogP contribution in [0.5, 0.6) is 0 Å². The smallest absolute Gasteiger partial charge is 0.119 e. The first-order valence-corrected chi connectivity index (χ1v) is 6.05. The first-order valence-electron chi connectivity index (χ1n) is 4.95. The molecular formula is C11H18O3P+. The molecule has 0 amide bonds. The van der Waals surface area contributed by atoms with Crippen molar-refractivity contribution in [2.45, 2.75) is 20.8 Å². The highest BCUT2D eigenvalue weighted by Gasteiger charge is 2.15. The lowest BCUT2D eigenvalue weighted by Crippen LogP contribution is -1.81. The Morgan fingerprint density at radius 1 is 1.07 bits per heavy atom. The Labute approximate surface area is 92.4 Å². The quantitative estimate of drug-likeness (QED) is 0.738. The molecule has 0 radical (unpaired) electrons. The van der Waals surface area contributed by atoms with Gasteiger partial charge in [-0.2, -0.15) is 0 Å². The second-order valence-corrected chi connectivity index (χ2v) is 3.68. The van der Waals surface area contributed by atoms with Gasteiger partial charge in [-0.15, -0.1) is 9.05 Å². The van der Waals surface area contributed by atoms with Crippen molar-refractivity contribution in [2.24, 2.45) is 0 Å². The van der Waals surface area contributed by atoms with Crippen molar-refractivity contribution in [1.29, 1.82) is 0 Å². The number of hydrogen-bond donors (Lipinski definition) is 0. The van der Waals surface area contributed by atoms with Gasteiger partial charge in [-0.25, -0.2) is 0 Å². The van der Waals surface area contributed by atoms with Crippen LogP contribution < -0.4 is 0 Å². The summed E-state index contributed by atoms with van der Waals surface area (Å²) in [4.78, 5) is 0. The molecule has 0 bridgehead atoms. The largest absolute Gasteiger partial charge is 0.697 e. The first-order chi connectivity index (χ1) is 7.20. The van der Waals surface area contributed by atoms with Gasteiger partial charge in [0.25, 0.3) is 0 Å². The molecular weight excluding hydrogens is 211 g/mol. The number of aryl methyl sites for hydroxylation is 1. The van der Waals surface area contributed by atoms with Gasteiger partial charge in [0.1, 0.15) is 13.2 Å². The molecule has 0 aliphatic carbocycles. The van der Waals surface area contributed by atoms with E-state index in [9.17, 15) is 4.57 Å². The van der Waals surface area contributed by atoms with Crippen LogP contribution in [0.3, 0.4) is 0 Å². The van der Waals surface area contributed by atoms with Crippen LogP contribution in [0.15, 0.2) is 30.3 Å². The predicted molar refractivity (Wildman–Crippen MR) is 62.0 cm³/mol. The summed E-state index contributed by atoms with van der Waals surface area (Å²) in [6.07, 6.45) is 0. The Hall–Kier alpha value is -0.760. The fourth-order valence-corrected chi connectivity index (χ4v) is 1.28. The summed E-state index contributed by atoms with van der Waals surface area (Å²) in [5.74, 6) is 0. The highest BCUT2D eigenvalue weighted by Crippen LogP contribution is 2.21. The summed E-state index contributed by atoms with van der Waals surface area (Å²) in [7, 11) is -1.83. The molecule has 0 unspecified atom stereocenters. The van der Waals surface area contributed by atoms with Gasteiger partial charge in [-0.05, 0) is 20.8 Å². The normalized spacial score (nSPS) is 9.00. The Balaban J connectivity index is 0.000000262. The van der Waals surface area contributed by atoms with Gasteiger partial charge in [0.15, 0.2) is 0 Å². The molecule has 1 aromatic carbocycles. The Bertz CT molecular complexity index is 254. The van der Waals surface area contributed by atoms with Crippen LogP contribution in [0, 0.1) is 6.92 Å². The molecule has 0 N–H and O–H groups in total. The molecule has 3 nitrogen and oxygen atoms in total. The maximum absolute atomic E-state index is 10.3. The van der Waals surface area contributed by atoms with Crippen LogP contribution in [-0.2, 0) is 13.6 Å². The molecule has 84 valence electrons. The van der Waals surface area contributed by atoms with Crippen molar-refractivity contribution in [3.8, 4) is 0 Å². The van der Waals surface area contributed by atoms with E-state index in [2.05, 4.69) is 28.1 Å². The zero-order chi connectivity index (χ0) is 11.5. The molecule has 0 aromatic heterocycles. The van der Waals surface area contributed by atoms with Crippen LogP contribution in [0.2, 0.25) is 0 Å². The number of benzene rings is 1. The molecule has 1 rings (SSSR count). The predicted octanol–water partition coefficient (Wildman–Crippen LogP) is 3.71. The third-order valence-electron chi connectivity index (χ3n) is 1.41. The van der Waals surface area contributed by atoms with Gasteiger partial charge in [0, 0.05) is 4.57 Å². The summed E-state index contributed by atoms with van der Waals surface area (Å²) < 4.78 is 19.5. The number of rotatable bonds is 4. The van der Waals surface area contributed by atoms with Gasteiger partial charge >= 0.3 is 8.25 Å². The van der Waals surface area contributed by atoms with Crippen molar-refractivity contribution >= 4 is 8.25 Å². The fourth-order valence-electron chi connectivity index (χ4n) is 0.782. The average Bonchev–Trinajstić information content (AvgIpc) is 2.20. The molecule has 0 spiro atoms. The van der Waals surface area contributed by atoms with E-state index in [4.69, 9.17) is 0 Å². The van der Waals surface area contributed by atoms with E-state index in [0.717, 1.165) is 0 Å². The van der Waals surface area contributed by atoms with E-state index in [1.54, 1.807) is 13.8 Å². The zero-order valence-electron chi connectivity index (χ0n) is 9.47. The highest BCUT2D eigenvalue weighted by atomic mass is 31.1. The molecule has 0 heterocycles. The van der Waals surface area contributed by atoms with E-state index in [0.29, 0.717) is 13.2 Å². The summed E-state index contributed by atoms with van der Waals surface area (Å²) in [5, 5.41) is 0. The van der Waals surface area contributed by atoms with Crippen LogP contribution in [-0.4, -0.2) is 13.2 Å². The van der Waals surface area contributed by atoms with Crippen molar-refractivity contribution < 1.29 is 13.6 Å². The van der Waals surface area contributed by atoms with Gasteiger partial charge < -0.3 is 0 Å². The molecule has 1 aromatic rings. The Kier molecular flexibility index (Phi) is 9.29. The summed E-state index contributed by atoms with van der Waals surface area (Å²) in [6, 6.07) is 10.3. The van der Waals surface area contributed by atoms with Crippen molar-refractivity contribution in [3.63, 3.8) is 0 Å². The molecule has 0 saturated heterocycles. The molecule has 0 aliphatic rings.